The van der Waals surface area contributed by atoms with Gasteiger partial charge < -0.3 is 10.2 Å². The quantitative estimate of drug-likeness (QED) is 0.447. The first-order valence-corrected chi connectivity index (χ1v) is 11.8. The summed E-state index contributed by atoms with van der Waals surface area (Å²) in [5.74, 6) is -1.24. The number of nitrogens with one attached hydrogen (secondary N) is 1. The molecule has 37 heavy (non-hydrogen) atoms. The maximum absolute atomic E-state index is 13.5. The first-order chi connectivity index (χ1) is 17.7. The highest BCUT2D eigenvalue weighted by molar-refractivity contribution is 5.82. The molecule has 0 atom stereocenters. The molecule has 0 saturated carbocycles. The van der Waals surface area contributed by atoms with Crippen molar-refractivity contribution in [3.8, 4) is 11.3 Å². The average Bonchev–Trinajstić information content (AvgIpc) is 3.23. The number of hydrogen-bond acceptors (Lipinski definition) is 4. The zero-order valence-corrected chi connectivity index (χ0v) is 19.7. The molecule has 1 fully saturated rings. The van der Waals surface area contributed by atoms with E-state index in [0.717, 1.165) is 0 Å². The van der Waals surface area contributed by atoms with E-state index in [2.05, 4.69) is 5.32 Å². The highest BCUT2D eigenvalue weighted by Crippen LogP contribution is 2.35. The SMILES string of the molecule is O=C(CN1CCC(C(F)(F)F)CC1)N1C=Cn2c(nc(-c3ccc(F)cc3)c2Nc2ccc(F)cc2)C1. The molecular weight excluding hydrogens is 493 g/mol. The lowest BCUT2D eigenvalue weighted by atomic mass is 9.96. The number of rotatable bonds is 5. The number of nitrogens with zero attached hydrogens (tertiary/aromatic N) is 4. The minimum atomic E-state index is -4.20. The number of alkyl halides is 3. The molecule has 2 aliphatic rings. The summed E-state index contributed by atoms with van der Waals surface area (Å²) in [4.78, 5) is 20.9. The van der Waals surface area contributed by atoms with Gasteiger partial charge in [0, 0.05) is 23.7 Å². The van der Waals surface area contributed by atoms with Gasteiger partial charge in [-0.15, -0.1) is 0 Å². The van der Waals surface area contributed by atoms with Gasteiger partial charge in [-0.3, -0.25) is 14.3 Å². The van der Waals surface area contributed by atoms with Gasteiger partial charge >= 0.3 is 6.18 Å². The van der Waals surface area contributed by atoms with Crippen LogP contribution in [0.1, 0.15) is 18.7 Å². The molecule has 0 aliphatic carbocycles. The van der Waals surface area contributed by atoms with Crippen molar-refractivity contribution < 1.29 is 26.7 Å². The third-order valence-corrected chi connectivity index (χ3v) is 6.65. The van der Waals surface area contributed by atoms with Crippen LogP contribution in [-0.4, -0.2) is 51.1 Å². The van der Waals surface area contributed by atoms with Gasteiger partial charge in [-0.25, -0.2) is 13.8 Å². The number of carbonyl (C=O) groups is 1. The van der Waals surface area contributed by atoms with Crippen LogP contribution in [0.3, 0.4) is 0 Å². The predicted molar refractivity (Wildman–Crippen MR) is 128 cm³/mol. The fourth-order valence-corrected chi connectivity index (χ4v) is 4.57. The van der Waals surface area contributed by atoms with E-state index in [1.54, 1.807) is 46.1 Å². The number of carbonyl (C=O) groups excluding carboxylic acids is 1. The topological polar surface area (TPSA) is 53.4 Å². The number of likely N-dealkylation sites (tertiary alicyclic amines) is 1. The Kier molecular flexibility index (Phi) is 6.72. The summed E-state index contributed by atoms with van der Waals surface area (Å²) in [6, 6.07) is 11.6. The highest BCUT2D eigenvalue weighted by atomic mass is 19.4. The van der Waals surface area contributed by atoms with Gasteiger partial charge in [-0.05, 0) is 74.5 Å². The van der Waals surface area contributed by atoms with Crippen LogP contribution >= 0.6 is 0 Å². The van der Waals surface area contributed by atoms with Gasteiger partial charge in [0.15, 0.2) is 0 Å². The van der Waals surface area contributed by atoms with Crippen LogP contribution in [-0.2, 0) is 11.3 Å². The average molecular weight is 518 g/mol. The monoisotopic (exact) mass is 517 g/mol. The third kappa shape index (κ3) is 5.51. The Hall–Kier alpha value is -3.73. The number of halogens is 5. The van der Waals surface area contributed by atoms with E-state index < -0.39 is 17.9 Å². The molecule has 3 aromatic rings. The van der Waals surface area contributed by atoms with Crippen LogP contribution in [0.15, 0.2) is 54.7 Å². The maximum Gasteiger partial charge on any atom is 0.391 e. The lowest BCUT2D eigenvalue weighted by Gasteiger charge is -2.33. The number of aromatic nitrogens is 2. The summed E-state index contributed by atoms with van der Waals surface area (Å²) in [5, 5.41) is 3.23. The Labute approximate surface area is 210 Å². The third-order valence-electron chi connectivity index (χ3n) is 6.65. The number of amides is 1. The molecule has 1 aromatic heterocycles. The number of hydrogen-bond donors (Lipinski definition) is 1. The minimum Gasteiger partial charge on any atom is -0.339 e. The fraction of sp³-hybridized carbons (Fsp3) is 0.308. The molecule has 6 nitrogen and oxygen atoms in total. The van der Waals surface area contributed by atoms with Crippen molar-refractivity contribution in [2.75, 3.05) is 25.0 Å². The second kappa shape index (κ2) is 9.97. The zero-order valence-electron chi connectivity index (χ0n) is 19.7. The molecule has 2 aliphatic heterocycles. The largest absolute Gasteiger partial charge is 0.391 e. The van der Waals surface area contributed by atoms with Crippen LogP contribution in [0.2, 0.25) is 0 Å². The van der Waals surface area contributed by atoms with Crippen molar-refractivity contribution >= 4 is 23.6 Å². The molecule has 194 valence electrons. The molecule has 0 radical (unpaired) electrons. The Morgan fingerprint density at radius 1 is 0.946 bits per heavy atom. The van der Waals surface area contributed by atoms with E-state index in [1.807, 2.05) is 0 Å². The molecule has 1 amide bonds. The van der Waals surface area contributed by atoms with E-state index in [-0.39, 0.29) is 50.7 Å². The van der Waals surface area contributed by atoms with E-state index in [9.17, 15) is 26.7 Å². The first-order valence-electron chi connectivity index (χ1n) is 11.8. The highest BCUT2D eigenvalue weighted by Gasteiger charge is 2.41. The molecule has 1 N–H and O–H groups in total. The molecular formula is C26H24F5N5O. The summed E-state index contributed by atoms with van der Waals surface area (Å²) in [6.45, 7) is 0.583. The Balaban J connectivity index is 1.35. The number of imidazole rings is 1. The van der Waals surface area contributed by atoms with Gasteiger partial charge in [0.25, 0.3) is 0 Å². The van der Waals surface area contributed by atoms with E-state index >= 15 is 0 Å². The smallest absolute Gasteiger partial charge is 0.339 e. The molecule has 2 aromatic carbocycles. The van der Waals surface area contributed by atoms with Gasteiger partial charge in [-0.2, -0.15) is 13.2 Å². The van der Waals surface area contributed by atoms with Gasteiger partial charge in [0.2, 0.25) is 5.91 Å². The normalized spacial score (nSPS) is 16.6. The van der Waals surface area contributed by atoms with Crippen LogP contribution in [0, 0.1) is 17.6 Å². The van der Waals surface area contributed by atoms with Crippen LogP contribution in [0.5, 0.6) is 0 Å². The number of fused-ring (bicyclic) bond motifs is 1. The molecule has 5 rings (SSSR count). The molecule has 0 unspecified atom stereocenters. The first kappa shape index (κ1) is 24.9. The number of anilines is 2. The molecule has 11 heteroatoms. The van der Waals surface area contributed by atoms with Crippen molar-refractivity contribution in [2.45, 2.75) is 25.6 Å². The summed E-state index contributed by atoms with van der Waals surface area (Å²) in [7, 11) is 0. The lowest BCUT2D eigenvalue weighted by Crippen LogP contribution is -2.44. The Morgan fingerprint density at radius 2 is 1.57 bits per heavy atom. The summed E-state index contributed by atoms with van der Waals surface area (Å²) in [5.41, 5.74) is 1.78. The second-order valence-corrected chi connectivity index (χ2v) is 9.15. The second-order valence-electron chi connectivity index (χ2n) is 9.15. The van der Waals surface area contributed by atoms with Crippen LogP contribution in [0.4, 0.5) is 33.5 Å². The Bertz CT molecular complexity index is 1290. The number of piperidine rings is 1. The minimum absolute atomic E-state index is 0.0150. The van der Waals surface area contributed by atoms with Gasteiger partial charge in [-0.1, -0.05) is 0 Å². The maximum atomic E-state index is 13.5. The molecule has 3 heterocycles. The van der Waals surface area contributed by atoms with Crippen LogP contribution in [0.25, 0.3) is 17.5 Å². The fourth-order valence-electron chi connectivity index (χ4n) is 4.57. The van der Waals surface area contributed by atoms with Crippen molar-refractivity contribution in [3.63, 3.8) is 0 Å². The predicted octanol–water partition coefficient (Wildman–Crippen LogP) is 5.62. The lowest BCUT2D eigenvalue weighted by molar-refractivity contribution is -0.185. The van der Waals surface area contributed by atoms with Gasteiger partial charge in [0.1, 0.15) is 29.0 Å². The van der Waals surface area contributed by atoms with Crippen molar-refractivity contribution in [2.24, 2.45) is 5.92 Å². The summed E-state index contributed by atoms with van der Waals surface area (Å²) >= 11 is 0. The summed E-state index contributed by atoms with van der Waals surface area (Å²) < 4.78 is 67.5. The standard InChI is InChI=1S/C26H24F5N5O/c27-19-3-1-17(2-4-19)24-25(32-21-7-5-20(28)6-8-21)36-14-13-35(15-22(36)33-24)23(37)16-34-11-9-18(10-12-34)26(29,30)31/h1-8,13-14,18,32H,9-12,15-16H2. The van der Waals surface area contributed by atoms with E-state index in [0.29, 0.717) is 28.6 Å². The van der Waals surface area contributed by atoms with Crippen molar-refractivity contribution in [1.29, 1.82) is 0 Å². The van der Waals surface area contributed by atoms with Gasteiger partial charge in [0.05, 0.1) is 19.0 Å². The van der Waals surface area contributed by atoms with Crippen molar-refractivity contribution in [3.05, 3.63) is 72.2 Å². The molecule has 0 bridgehead atoms. The zero-order chi connectivity index (χ0) is 26.2. The molecule has 0 spiro atoms. The Morgan fingerprint density at radius 3 is 2.19 bits per heavy atom. The van der Waals surface area contributed by atoms with E-state index in [4.69, 9.17) is 4.98 Å². The summed E-state index contributed by atoms with van der Waals surface area (Å²) in [6.07, 6.45) is -0.972. The van der Waals surface area contributed by atoms with E-state index in [1.165, 1.54) is 29.2 Å². The van der Waals surface area contributed by atoms with Crippen LogP contribution < -0.4 is 5.32 Å². The number of benzene rings is 2. The van der Waals surface area contributed by atoms with Crippen molar-refractivity contribution in [1.82, 2.24) is 19.4 Å². The molecule has 1 saturated heterocycles.